The number of esters is 1. The zero-order valence-corrected chi connectivity index (χ0v) is 17.9. The fourth-order valence-corrected chi connectivity index (χ4v) is 4.10. The summed E-state index contributed by atoms with van der Waals surface area (Å²) in [7, 11) is 0. The number of benzene rings is 1. The van der Waals surface area contributed by atoms with E-state index in [1.165, 1.54) is 11.8 Å². The van der Waals surface area contributed by atoms with Crippen molar-refractivity contribution in [3.05, 3.63) is 71.5 Å². The number of carbonyl (C=O) groups excluding carboxylic acids is 2. The van der Waals surface area contributed by atoms with E-state index >= 15 is 0 Å². The third-order valence-electron chi connectivity index (χ3n) is 4.69. The van der Waals surface area contributed by atoms with Crippen molar-refractivity contribution in [1.82, 2.24) is 20.6 Å². The van der Waals surface area contributed by atoms with E-state index in [0.717, 1.165) is 11.3 Å². The number of hydrogen-bond donors (Lipinski definition) is 3. The summed E-state index contributed by atoms with van der Waals surface area (Å²) in [6.07, 6.45) is 1.76. The number of nitrogens with one attached hydrogen (secondary N) is 3. The number of H-pyrrole nitrogens is 1. The molecule has 1 aliphatic heterocycles. The topological polar surface area (TPSA) is 109 Å². The first-order valence-corrected chi connectivity index (χ1v) is 10.8. The summed E-state index contributed by atoms with van der Waals surface area (Å²) in [5, 5.41) is 6.17. The lowest BCUT2D eigenvalue weighted by molar-refractivity contribution is -0.139. The summed E-state index contributed by atoms with van der Waals surface area (Å²) in [5.74, 6) is 0.974. The first kappa shape index (κ1) is 20.8. The highest BCUT2D eigenvalue weighted by molar-refractivity contribution is 7.99. The number of imidazole rings is 1. The predicted molar refractivity (Wildman–Crippen MR) is 116 cm³/mol. The van der Waals surface area contributed by atoms with Crippen LogP contribution in [0.3, 0.4) is 0 Å². The molecule has 0 bridgehead atoms. The zero-order valence-electron chi connectivity index (χ0n) is 17.1. The number of aromatic amines is 1. The maximum atomic E-state index is 12.8. The number of carbonyl (C=O) groups is 2. The third-order valence-corrected chi connectivity index (χ3v) is 5.60. The van der Waals surface area contributed by atoms with Crippen molar-refractivity contribution in [3.8, 4) is 11.3 Å². The van der Waals surface area contributed by atoms with Crippen LogP contribution in [0.1, 0.15) is 24.5 Å². The molecule has 0 saturated heterocycles. The molecule has 0 saturated carbocycles. The minimum absolute atomic E-state index is 0.221. The van der Waals surface area contributed by atoms with Crippen molar-refractivity contribution in [1.29, 1.82) is 0 Å². The Balaban J connectivity index is 1.60. The second-order valence-corrected chi connectivity index (χ2v) is 7.81. The molecular formula is C22H22N4O4S. The summed E-state index contributed by atoms with van der Waals surface area (Å²) in [5.41, 5.74) is 2.69. The lowest BCUT2D eigenvalue weighted by Crippen LogP contribution is -2.46. The average Bonchev–Trinajstić information content (AvgIpc) is 3.42. The van der Waals surface area contributed by atoms with E-state index in [-0.39, 0.29) is 6.61 Å². The molecule has 1 atom stereocenters. The number of rotatable bonds is 7. The van der Waals surface area contributed by atoms with Gasteiger partial charge in [0, 0.05) is 11.4 Å². The van der Waals surface area contributed by atoms with E-state index in [4.69, 9.17) is 9.15 Å². The van der Waals surface area contributed by atoms with E-state index < -0.39 is 18.0 Å². The van der Waals surface area contributed by atoms with Gasteiger partial charge in [0.2, 0.25) is 0 Å². The smallest absolute Gasteiger partial charge is 0.338 e. The van der Waals surface area contributed by atoms with Gasteiger partial charge in [0.1, 0.15) is 17.6 Å². The zero-order chi connectivity index (χ0) is 21.8. The first-order chi connectivity index (χ1) is 15.0. The Morgan fingerprint density at radius 2 is 2.03 bits per heavy atom. The van der Waals surface area contributed by atoms with E-state index in [2.05, 4.69) is 20.6 Å². The Hall–Kier alpha value is -3.46. The Labute approximate surface area is 183 Å². The highest BCUT2D eigenvalue weighted by Crippen LogP contribution is 2.31. The molecule has 0 radical (unpaired) electrons. The van der Waals surface area contributed by atoms with Gasteiger partial charge in [-0.1, -0.05) is 42.1 Å². The van der Waals surface area contributed by atoms with E-state index in [1.54, 1.807) is 32.2 Å². The number of urea groups is 1. The number of aryl methyl sites for hydroxylation is 1. The number of nitrogens with zero attached hydrogens (tertiary/aromatic N) is 1. The number of ether oxygens (including phenoxy) is 1. The first-order valence-electron chi connectivity index (χ1n) is 9.82. The molecule has 160 valence electrons. The van der Waals surface area contributed by atoms with Crippen LogP contribution in [0.4, 0.5) is 4.79 Å². The average molecular weight is 439 g/mol. The van der Waals surface area contributed by atoms with Crippen molar-refractivity contribution in [2.45, 2.75) is 25.0 Å². The number of amides is 2. The van der Waals surface area contributed by atoms with Gasteiger partial charge in [-0.2, -0.15) is 0 Å². The standard InChI is InChI=1S/C22H22N4O4S/c1-3-29-20(27)18-16(24-21(28)26-19(18)17-10-9-13(2)30-17)12-31-22-23-11-15(25-22)14-7-5-4-6-8-14/h4-11,19H,3,12H2,1-2H3,(H,23,25)(H2,24,26,28)/t19-/m1/s1. The van der Waals surface area contributed by atoms with Gasteiger partial charge >= 0.3 is 12.0 Å². The molecule has 0 spiro atoms. The van der Waals surface area contributed by atoms with Crippen LogP contribution in [0.15, 0.2) is 69.5 Å². The quantitative estimate of drug-likeness (QED) is 0.381. The molecule has 3 aromatic rings. The summed E-state index contributed by atoms with van der Waals surface area (Å²) in [6.45, 7) is 3.76. The Morgan fingerprint density at radius 3 is 2.74 bits per heavy atom. The van der Waals surface area contributed by atoms with E-state index in [1.807, 2.05) is 30.3 Å². The van der Waals surface area contributed by atoms with Crippen LogP contribution in [0.2, 0.25) is 0 Å². The van der Waals surface area contributed by atoms with Crippen molar-refractivity contribution in [2.24, 2.45) is 0 Å². The Morgan fingerprint density at radius 1 is 1.23 bits per heavy atom. The molecule has 8 nitrogen and oxygen atoms in total. The van der Waals surface area contributed by atoms with Crippen LogP contribution in [0, 0.1) is 6.92 Å². The van der Waals surface area contributed by atoms with E-state index in [9.17, 15) is 9.59 Å². The molecule has 4 rings (SSSR count). The molecule has 1 aliphatic rings. The maximum absolute atomic E-state index is 12.8. The lowest BCUT2D eigenvalue weighted by atomic mass is 10.0. The van der Waals surface area contributed by atoms with Gasteiger partial charge in [-0.05, 0) is 31.5 Å². The number of thioether (sulfide) groups is 1. The van der Waals surface area contributed by atoms with Crippen molar-refractivity contribution in [2.75, 3.05) is 12.4 Å². The summed E-state index contributed by atoms with van der Waals surface area (Å²) < 4.78 is 10.9. The monoisotopic (exact) mass is 438 g/mol. The van der Waals surface area contributed by atoms with Crippen LogP contribution in [-0.2, 0) is 9.53 Å². The van der Waals surface area contributed by atoms with Gasteiger partial charge in [0.15, 0.2) is 5.16 Å². The highest BCUT2D eigenvalue weighted by atomic mass is 32.2. The number of hydrogen-bond acceptors (Lipinski definition) is 6. The molecule has 0 fully saturated rings. The lowest BCUT2D eigenvalue weighted by Gasteiger charge is -2.27. The molecule has 1 aromatic carbocycles. The Bertz CT molecular complexity index is 1120. The van der Waals surface area contributed by atoms with Crippen LogP contribution in [0.25, 0.3) is 11.3 Å². The summed E-state index contributed by atoms with van der Waals surface area (Å²) in [4.78, 5) is 32.7. The number of aromatic nitrogens is 2. The van der Waals surface area contributed by atoms with Crippen LogP contribution >= 0.6 is 11.8 Å². The van der Waals surface area contributed by atoms with Crippen molar-refractivity contribution >= 4 is 23.8 Å². The van der Waals surface area contributed by atoms with Gasteiger partial charge < -0.3 is 24.8 Å². The molecule has 3 N–H and O–H groups in total. The maximum Gasteiger partial charge on any atom is 0.338 e. The predicted octanol–water partition coefficient (Wildman–Crippen LogP) is 3.94. The largest absolute Gasteiger partial charge is 0.464 e. The van der Waals surface area contributed by atoms with Crippen LogP contribution in [0.5, 0.6) is 0 Å². The fraction of sp³-hybridized carbons (Fsp3) is 0.227. The van der Waals surface area contributed by atoms with Crippen molar-refractivity contribution < 1.29 is 18.7 Å². The minimum atomic E-state index is -0.728. The third kappa shape index (κ3) is 4.66. The van der Waals surface area contributed by atoms with Crippen LogP contribution < -0.4 is 10.6 Å². The molecular weight excluding hydrogens is 416 g/mol. The molecule has 2 aromatic heterocycles. The normalized spacial score (nSPS) is 16.1. The summed E-state index contributed by atoms with van der Waals surface area (Å²) >= 11 is 1.38. The Kier molecular flexibility index (Phi) is 6.13. The fourth-order valence-electron chi connectivity index (χ4n) is 3.28. The molecule has 9 heteroatoms. The van der Waals surface area contributed by atoms with Crippen molar-refractivity contribution in [3.63, 3.8) is 0 Å². The van der Waals surface area contributed by atoms with Gasteiger partial charge in [-0.25, -0.2) is 14.6 Å². The molecule has 31 heavy (non-hydrogen) atoms. The van der Waals surface area contributed by atoms with Crippen LogP contribution in [-0.4, -0.2) is 34.3 Å². The molecule has 2 amide bonds. The SMILES string of the molecule is CCOC(=O)C1=C(CSc2ncc(-c3ccccc3)[nH]2)NC(=O)N[C@@H]1c1ccc(C)o1. The van der Waals surface area contributed by atoms with Gasteiger partial charge in [-0.15, -0.1) is 0 Å². The highest BCUT2D eigenvalue weighted by Gasteiger charge is 2.35. The molecule has 3 heterocycles. The molecule has 0 unspecified atom stereocenters. The summed E-state index contributed by atoms with van der Waals surface area (Å²) in [6, 6.07) is 12.2. The molecule has 0 aliphatic carbocycles. The van der Waals surface area contributed by atoms with Gasteiger partial charge in [0.25, 0.3) is 0 Å². The minimum Gasteiger partial charge on any atom is -0.464 e. The van der Waals surface area contributed by atoms with Gasteiger partial charge in [-0.3, -0.25) is 0 Å². The van der Waals surface area contributed by atoms with E-state index in [0.29, 0.717) is 33.7 Å². The second kappa shape index (κ2) is 9.13. The number of furan rings is 1. The van der Waals surface area contributed by atoms with Gasteiger partial charge in [0.05, 0.1) is 24.1 Å². The second-order valence-electron chi connectivity index (χ2n) is 6.85.